The predicted octanol–water partition coefficient (Wildman–Crippen LogP) is 2.08. The number of nitrogens with one attached hydrogen (secondary N) is 2. The van der Waals surface area contributed by atoms with Crippen molar-refractivity contribution in [2.45, 2.75) is 31.7 Å². The molecule has 0 aliphatic carbocycles. The largest absolute Gasteiger partial charge is 0.461 e. The van der Waals surface area contributed by atoms with E-state index in [4.69, 9.17) is 8.94 Å². The Hall–Kier alpha value is -2.32. The fourth-order valence-corrected chi connectivity index (χ4v) is 3.77. The van der Waals surface area contributed by atoms with E-state index in [-0.39, 0.29) is 41.9 Å². The van der Waals surface area contributed by atoms with Crippen LogP contribution in [0.4, 0.5) is 0 Å². The molecule has 4 heterocycles. The van der Waals surface area contributed by atoms with Gasteiger partial charge in [-0.1, -0.05) is 5.16 Å². The van der Waals surface area contributed by atoms with Gasteiger partial charge in [-0.15, -0.1) is 12.4 Å². The van der Waals surface area contributed by atoms with Crippen LogP contribution < -0.4 is 10.6 Å². The standard InChI is InChI=1S/C19H24N4O4.ClH/c24-18(14-5-1-7-20-14)21-11-13-4-2-8-23(12-13)19(25)15-10-17(27-22-15)16-6-3-9-26-16;/h3,6,9-10,13-14,20H,1-2,4-5,7-8,11-12H2,(H,21,24);1H. The number of rotatable bonds is 5. The lowest BCUT2D eigenvalue weighted by Crippen LogP contribution is -2.46. The second-order valence-corrected chi connectivity index (χ2v) is 7.21. The minimum Gasteiger partial charge on any atom is -0.461 e. The smallest absolute Gasteiger partial charge is 0.276 e. The lowest BCUT2D eigenvalue weighted by molar-refractivity contribution is -0.123. The summed E-state index contributed by atoms with van der Waals surface area (Å²) in [7, 11) is 0. The van der Waals surface area contributed by atoms with Gasteiger partial charge in [-0.25, -0.2) is 0 Å². The molecular weight excluding hydrogens is 384 g/mol. The van der Waals surface area contributed by atoms with Crippen LogP contribution in [0.3, 0.4) is 0 Å². The topological polar surface area (TPSA) is 101 Å². The minimum absolute atomic E-state index is 0. The van der Waals surface area contributed by atoms with Gasteiger partial charge in [0, 0.05) is 25.7 Å². The molecule has 2 aliphatic rings. The lowest BCUT2D eigenvalue weighted by atomic mass is 9.97. The number of likely N-dealkylation sites (tertiary alicyclic amines) is 1. The van der Waals surface area contributed by atoms with Crippen molar-refractivity contribution in [2.75, 3.05) is 26.2 Å². The number of hydrogen-bond donors (Lipinski definition) is 2. The van der Waals surface area contributed by atoms with Gasteiger partial charge in [-0.05, 0) is 50.3 Å². The van der Waals surface area contributed by atoms with E-state index in [9.17, 15) is 9.59 Å². The number of carbonyl (C=O) groups is 2. The molecule has 2 aromatic heterocycles. The van der Waals surface area contributed by atoms with Gasteiger partial charge in [0.05, 0.1) is 12.3 Å². The summed E-state index contributed by atoms with van der Waals surface area (Å²) in [4.78, 5) is 26.7. The maximum Gasteiger partial charge on any atom is 0.276 e. The van der Waals surface area contributed by atoms with Crippen LogP contribution in [-0.4, -0.2) is 54.1 Å². The Bertz CT molecular complexity index is 786. The summed E-state index contributed by atoms with van der Waals surface area (Å²) in [5, 5.41) is 10.1. The zero-order valence-corrected chi connectivity index (χ0v) is 16.4. The van der Waals surface area contributed by atoms with Crippen molar-refractivity contribution in [3.05, 3.63) is 30.2 Å². The molecule has 28 heavy (non-hydrogen) atoms. The zero-order chi connectivity index (χ0) is 18.6. The van der Waals surface area contributed by atoms with Crippen molar-refractivity contribution >= 4 is 24.2 Å². The molecule has 2 atom stereocenters. The monoisotopic (exact) mass is 408 g/mol. The highest BCUT2D eigenvalue weighted by Crippen LogP contribution is 2.23. The van der Waals surface area contributed by atoms with Crippen LogP contribution in [-0.2, 0) is 4.79 Å². The molecule has 2 unspecified atom stereocenters. The zero-order valence-electron chi connectivity index (χ0n) is 15.6. The maximum atomic E-state index is 12.8. The molecule has 0 spiro atoms. The number of halogens is 1. The molecule has 0 radical (unpaired) electrons. The lowest BCUT2D eigenvalue weighted by Gasteiger charge is -2.32. The third-order valence-electron chi connectivity index (χ3n) is 5.24. The Morgan fingerprint density at radius 2 is 2.18 bits per heavy atom. The van der Waals surface area contributed by atoms with E-state index in [1.165, 1.54) is 0 Å². The van der Waals surface area contributed by atoms with Crippen molar-refractivity contribution < 1.29 is 18.5 Å². The number of nitrogens with zero attached hydrogens (tertiary/aromatic N) is 2. The number of aromatic nitrogens is 1. The first-order chi connectivity index (χ1) is 13.2. The van der Waals surface area contributed by atoms with Crippen molar-refractivity contribution in [3.8, 4) is 11.5 Å². The summed E-state index contributed by atoms with van der Waals surface area (Å²) in [6.07, 6.45) is 5.40. The highest BCUT2D eigenvalue weighted by molar-refractivity contribution is 5.93. The van der Waals surface area contributed by atoms with Gasteiger partial charge in [0.25, 0.3) is 5.91 Å². The molecule has 152 valence electrons. The number of furan rings is 1. The van der Waals surface area contributed by atoms with Gasteiger partial charge >= 0.3 is 0 Å². The molecule has 4 rings (SSSR count). The summed E-state index contributed by atoms with van der Waals surface area (Å²) in [6, 6.07) is 5.05. The van der Waals surface area contributed by atoms with Crippen molar-refractivity contribution in [2.24, 2.45) is 5.92 Å². The molecule has 0 saturated carbocycles. The normalized spacial score (nSPS) is 21.9. The van der Waals surface area contributed by atoms with E-state index in [2.05, 4.69) is 15.8 Å². The van der Waals surface area contributed by atoms with Gasteiger partial charge < -0.3 is 24.5 Å². The van der Waals surface area contributed by atoms with E-state index >= 15 is 0 Å². The minimum atomic E-state index is -0.148. The molecule has 0 aromatic carbocycles. The van der Waals surface area contributed by atoms with E-state index in [1.807, 2.05) is 0 Å². The molecule has 8 nitrogen and oxygen atoms in total. The first-order valence-corrected chi connectivity index (χ1v) is 9.51. The van der Waals surface area contributed by atoms with E-state index in [0.717, 1.165) is 32.2 Å². The second-order valence-electron chi connectivity index (χ2n) is 7.21. The van der Waals surface area contributed by atoms with Gasteiger partial charge in [0.15, 0.2) is 11.5 Å². The van der Waals surface area contributed by atoms with Crippen LogP contribution in [0.25, 0.3) is 11.5 Å². The molecule has 2 N–H and O–H groups in total. The van der Waals surface area contributed by atoms with Crippen LogP contribution in [0.2, 0.25) is 0 Å². The second kappa shape index (κ2) is 9.25. The van der Waals surface area contributed by atoms with Gasteiger partial charge in [-0.3, -0.25) is 9.59 Å². The molecular formula is C19H25ClN4O4. The van der Waals surface area contributed by atoms with Crippen LogP contribution in [0.15, 0.2) is 33.4 Å². The van der Waals surface area contributed by atoms with Crippen LogP contribution in [0.5, 0.6) is 0 Å². The Kier molecular flexibility index (Phi) is 6.74. The van der Waals surface area contributed by atoms with Gasteiger partial charge in [0.1, 0.15) is 0 Å². The molecule has 2 amide bonds. The molecule has 0 bridgehead atoms. The number of amides is 2. The first-order valence-electron chi connectivity index (χ1n) is 9.51. The summed E-state index contributed by atoms with van der Waals surface area (Å²) in [5.41, 5.74) is 0.279. The van der Waals surface area contributed by atoms with Crippen molar-refractivity contribution in [3.63, 3.8) is 0 Å². The molecule has 2 aliphatic heterocycles. The molecule has 2 fully saturated rings. The molecule has 2 aromatic rings. The summed E-state index contributed by atoms with van der Waals surface area (Å²) in [6.45, 7) is 2.80. The van der Waals surface area contributed by atoms with Crippen LogP contribution >= 0.6 is 12.4 Å². The van der Waals surface area contributed by atoms with E-state index < -0.39 is 0 Å². The third kappa shape index (κ3) is 4.56. The summed E-state index contributed by atoms with van der Waals surface area (Å²) in [5.74, 6) is 1.15. The fraction of sp³-hybridized carbons (Fsp3) is 0.526. The Labute approximate surface area is 169 Å². The Balaban J connectivity index is 0.00000225. The average Bonchev–Trinajstić information content (AvgIpc) is 3.46. The third-order valence-corrected chi connectivity index (χ3v) is 5.24. The molecule has 9 heteroatoms. The average molecular weight is 409 g/mol. The van der Waals surface area contributed by atoms with E-state index in [0.29, 0.717) is 31.2 Å². The van der Waals surface area contributed by atoms with Crippen molar-refractivity contribution in [1.82, 2.24) is 20.7 Å². The highest BCUT2D eigenvalue weighted by Gasteiger charge is 2.28. The van der Waals surface area contributed by atoms with Crippen molar-refractivity contribution in [1.29, 1.82) is 0 Å². The SMILES string of the molecule is Cl.O=C(NCC1CCCN(C(=O)c2cc(-c3ccco3)on2)C1)C1CCCN1. The number of carbonyl (C=O) groups excluding carboxylic acids is 2. The quantitative estimate of drug-likeness (QED) is 0.785. The number of piperidine rings is 1. The highest BCUT2D eigenvalue weighted by atomic mass is 35.5. The molecule has 2 saturated heterocycles. The first kappa shape index (κ1) is 20.4. The van der Waals surface area contributed by atoms with Gasteiger partial charge in [-0.2, -0.15) is 0 Å². The van der Waals surface area contributed by atoms with Gasteiger partial charge in [0.2, 0.25) is 11.7 Å². The summed E-state index contributed by atoms with van der Waals surface area (Å²) >= 11 is 0. The Morgan fingerprint density at radius 3 is 2.93 bits per heavy atom. The number of hydrogen-bond acceptors (Lipinski definition) is 6. The predicted molar refractivity (Wildman–Crippen MR) is 104 cm³/mol. The van der Waals surface area contributed by atoms with Crippen LogP contribution in [0, 0.1) is 5.92 Å². The summed E-state index contributed by atoms with van der Waals surface area (Å²) < 4.78 is 10.5. The van der Waals surface area contributed by atoms with E-state index in [1.54, 1.807) is 29.4 Å². The Morgan fingerprint density at radius 1 is 1.29 bits per heavy atom. The van der Waals surface area contributed by atoms with Crippen LogP contribution in [0.1, 0.15) is 36.2 Å². The fourth-order valence-electron chi connectivity index (χ4n) is 3.77. The maximum absolute atomic E-state index is 12.8.